The molecule has 4 aromatic carbocycles. The van der Waals surface area contributed by atoms with E-state index in [2.05, 4.69) is 103 Å². The minimum Gasteiger partial charge on any atom is -0.458 e. The minimum atomic E-state index is 0.00902. The van der Waals surface area contributed by atoms with E-state index in [4.69, 9.17) is 9.72 Å². The number of hydrogen-bond donors (Lipinski definition) is 0. The molecule has 0 bridgehead atoms. The molecule has 8 aromatic rings. The third-order valence-corrected chi connectivity index (χ3v) is 8.24. The van der Waals surface area contributed by atoms with Gasteiger partial charge in [-0.25, -0.2) is 4.98 Å². The van der Waals surface area contributed by atoms with Gasteiger partial charge < -0.3 is 9.30 Å². The van der Waals surface area contributed by atoms with Crippen LogP contribution >= 0.6 is 0 Å². The summed E-state index contributed by atoms with van der Waals surface area (Å²) in [7, 11) is 0. The number of ether oxygens (including phenoxy) is 1. The SMILES string of the molecule is CC(C)(C)c1ccnc(-n2c3ccccc3c3ccc(Oc4cccc(-n5[c-][n+](-c6ccccn6)c6ccccc65)c4)cc32)c1. The molecule has 0 radical (unpaired) electrons. The molecule has 0 aliphatic rings. The van der Waals surface area contributed by atoms with Crippen molar-refractivity contribution >= 4 is 32.8 Å². The molecule has 4 heterocycles. The highest BCUT2D eigenvalue weighted by Crippen LogP contribution is 2.36. The molecule has 6 heteroatoms. The second-order valence-corrected chi connectivity index (χ2v) is 12.2. The van der Waals surface area contributed by atoms with Crippen LogP contribution in [0.3, 0.4) is 0 Å². The standard InChI is InChI=1S/C39H31N5O/c1-39(2,3)27-20-22-41-38(23-27)44-33-14-5-4-13-31(33)32-19-18-30(25-36(32)44)45-29-12-10-11-28(24-29)42-26-43(37-17-8-9-21-40-37)35-16-7-6-15-34(35)42/h4-25H,1-3H3. The number of hydrogen-bond acceptors (Lipinski definition) is 3. The fourth-order valence-electron chi connectivity index (χ4n) is 6.00. The number of aromatic nitrogens is 5. The van der Waals surface area contributed by atoms with Crippen molar-refractivity contribution in [2.75, 3.05) is 0 Å². The van der Waals surface area contributed by atoms with Gasteiger partial charge in [-0.1, -0.05) is 81.4 Å². The maximum atomic E-state index is 6.54. The summed E-state index contributed by atoms with van der Waals surface area (Å²) in [5.41, 5.74) is 6.39. The topological polar surface area (TPSA) is 48.8 Å². The second kappa shape index (κ2) is 10.5. The Hall–Kier alpha value is -5.75. The summed E-state index contributed by atoms with van der Waals surface area (Å²) >= 11 is 0. The lowest BCUT2D eigenvalue weighted by Gasteiger charge is -2.20. The van der Waals surface area contributed by atoms with Crippen molar-refractivity contribution in [3.05, 3.63) is 146 Å². The predicted octanol–water partition coefficient (Wildman–Crippen LogP) is 8.68. The van der Waals surface area contributed by atoms with Crippen molar-refractivity contribution in [2.24, 2.45) is 0 Å². The molecule has 6 nitrogen and oxygen atoms in total. The second-order valence-electron chi connectivity index (χ2n) is 12.2. The molecular formula is C39H31N5O. The molecule has 45 heavy (non-hydrogen) atoms. The molecule has 218 valence electrons. The molecule has 0 saturated heterocycles. The molecule has 0 fully saturated rings. The summed E-state index contributed by atoms with van der Waals surface area (Å²) in [6, 6.07) is 41.3. The Labute approximate surface area is 261 Å². The number of para-hydroxylation sites is 3. The van der Waals surface area contributed by atoms with Crippen molar-refractivity contribution < 1.29 is 9.30 Å². The largest absolute Gasteiger partial charge is 0.458 e. The van der Waals surface area contributed by atoms with E-state index in [1.54, 1.807) is 6.20 Å². The zero-order valence-electron chi connectivity index (χ0n) is 25.3. The average Bonchev–Trinajstić information content (AvgIpc) is 3.61. The van der Waals surface area contributed by atoms with Gasteiger partial charge >= 0.3 is 0 Å². The van der Waals surface area contributed by atoms with Crippen LogP contribution in [0.15, 0.2) is 134 Å². The fraction of sp³-hybridized carbons (Fsp3) is 0.103. The van der Waals surface area contributed by atoms with Gasteiger partial charge in [0, 0.05) is 39.8 Å². The molecule has 0 amide bonds. The van der Waals surface area contributed by atoms with E-state index in [0.29, 0.717) is 0 Å². The first-order chi connectivity index (χ1) is 21.9. The summed E-state index contributed by atoms with van der Waals surface area (Å²) < 4.78 is 12.8. The molecule has 0 atom stereocenters. The van der Waals surface area contributed by atoms with E-state index >= 15 is 0 Å². The zero-order chi connectivity index (χ0) is 30.5. The first kappa shape index (κ1) is 26.8. The maximum absolute atomic E-state index is 6.54. The lowest BCUT2D eigenvalue weighted by molar-refractivity contribution is -0.576. The predicted molar refractivity (Wildman–Crippen MR) is 179 cm³/mol. The number of benzene rings is 4. The molecule has 0 unspecified atom stereocenters. The molecule has 0 aliphatic heterocycles. The Bertz CT molecular complexity index is 2340. The lowest BCUT2D eigenvalue weighted by Crippen LogP contribution is -2.30. The van der Waals surface area contributed by atoms with E-state index in [1.807, 2.05) is 69.9 Å². The van der Waals surface area contributed by atoms with Gasteiger partial charge in [-0.15, -0.1) is 0 Å². The van der Waals surface area contributed by atoms with Gasteiger partial charge in [-0.3, -0.25) is 9.13 Å². The van der Waals surface area contributed by atoms with Gasteiger partial charge in [0.25, 0.3) is 0 Å². The van der Waals surface area contributed by atoms with Gasteiger partial charge in [-0.2, -0.15) is 4.98 Å². The monoisotopic (exact) mass is 585 g/mol. The highest BCUT2D eigenvalue weighted by atomic mass is 16.5. The Kier molecular flexibility index (Phi) is 6.24. The smallest absolute Gasteiger partial charge is 0.202 e. The van der Waals surface area contributed by atoms with Gasteiger partial charge in [0.05, 0.1) is 17.2 Å². The van der Waals surface area contributed by atoms with Crippen LogP contribution in [0.1, 0.15) is 26.3 Å². The van der Waals surface area contributed by atoms with E-state index in [9.17, 15) is 0 Å². The molecule has 0 saturated carbocycles. The summed E-state index contributed by atoms with van der Waals surface area (Å²) in [5, 5.41) is 2.34. The first-order valence-corrected chi connectivity index (χ1v) is 15.1. The minimum absolute atomic E-state index is 0.00902. The molecule has 0 N–H and O–H groups in total. The highest BCUT2D eigenvalue weighted by molar-refractivity contribution is 6.09. The highest BCUT2D eigenvalue weighted by Gasteiger charge is 2.18. The van der Waals surface area contributed by atoms with Gasteiger partial charge in [0.15, 0.2) is 6.33 Å². The third kappa shape index (κ3) is 4.71. The van der Waals surface area contributed by atoms with Crippen LogP contribution < -0.4 is 9.30 Å². The lowest BCUT2D eigenvalue weighted by atomic mass is 9.88. The summed E-state index contributed by atoms with van der Waals surface area (Å²) in [6.45, 7) is 6.68. The van der Waals surface area contributed by atoms with Crippen molar-refractivity contribution in [2.45, 2.75) is 26.2 Å². The van der Waals surface area contributed by atoms with Gasteiger partial charge in [0.1, 0.15) is 17.3 Å². The fourth-order valence-corrected chi connectivity index (χ4v) is 6.00. The number of imidazole rings is 1. The van der Waals surface area contributed by atoms with Crippen molar-refractivity contribution in [3.63, 3.8) is 0 Å². The third-order valence-electron chi connectivity index (χ3n) is 8.24. The van der Waals surface area contributed by atoms with Gasteiger partial charge in [0.2, 0.25) is 5.82 Å². The van der Waals surface area contributed by atoms with Crippen molar-refractivity contribution in [1.29, 1.82) is 0 Å². The Morgan fingerprint density at radius 2 is 1.42 bits per heavy atom. The summed E-state index contributed by atoms with van der Waals surface area (Å²) in [6.07, 6.45) is 7.20. The van der Waals surface area contributed by atoms with E-state index in [-0.39, 0.29) is 5.41 Å². The van der Waals surface area contributed by atoms with Crippen molar-refractivity contribution in [1.82, 2.24) is 19.1 Å². The van der Waals surface area contributed by atoms with Crippen LogP contribution in [0.25, 0.3) is 50.2 Å². The first-order valence-electron chi connectivity index (χ1n) is 15.1. The number of nitrogens with zero attached hydrogens (tertiary/aromatic N) is 5. The molecule has 0 aliphatic carbocycles. The summed E-state index contributed by atoms with van der Waals surface area (Å²) in [5.74, 6) is 3.19. The molecule has 8 rings (SSSR count). The quantitative estimate of drug-likeness (QED) is 0.150. The number of pyridine rings is 2. The number of fused-ring (bicyclic) bond motifs is 4. The average molecular weight is 586 g/mol. The summed E-state index contributed by atoms with van der Waals surface area (Å²) in [4.78, 5) is 9.37. The van der Waals surface area contributed by atoms with Crippen LogP contribution in [0.2, 0.25) is 0 Å². The van der Waals surface area contributed by atoms with Crippen LogP contribution in [-0.4, -0.2) is 19.1 Å². The van der Waals surface area contributed by atoms with Crippen LogP contribution in [0, 0.1) is 6.33 Å². The van der Waals surface area contributed by atoms with E-state index in [0.717, 1.165) is 56.3 Å². The zero-order valence-corrected chi connectivity index (χ0v) is 25.3. The Morgan fingerprint density at radius 1 is 0.644 bits per heavy atom. The Morgan fingerprint density at radius 3 is 2.27 bits per heavy atom. The van der Waals surface area contributed by atoms with E-state index < -0.39 is 0 Å². The normalized spacial score (nSPS) is 11.9. The van der Waals surface area contributed by atoms with Crippen LogP contribution in [0.5, 0.6) is 11.5 Å². The van der Waals surface area contributed by atoms with Crippen molar-refractivity contribution in [3.8, 4) is 28.8 Å². The maximum Gasteiger partial charge on any atom is 0.202 e. The van der Waals surface area contributed by atoms with Crippen LogP contribution in [0.4, 0.5) is 0 Å². The molecule has 0 spiro atoms. The van der Waals surface area contributed by atoms with Crippen LogP contribution in [-0.2, 0) is 5.41 Å². The number of rotatable bonds is 5. The van der Waals surface area contributed by atoms with E-state index in [1.165, 1.54) is 10.9 Å². The molecule has 4 aromatic heterocycles. The van der Waals surface area contributed by atoms with Gasteiger partial charge in [-0.05, 0) is 65.6 Å². The Balaban J connectivity index is 1.21. The molecular weight excluding hydrogens is 554 g/mol.